The van der Waals surface area contributed by atoms with Crippen LogP contribution in [0.15, 0.2) is 42.5 Å². The maximum Gasteiger partial charge on any atom is 0.227 e. The van der Waals surface area contributed by atoms with Gasteiger partial charge in [0.1, 0.15) is 0 Å². The number of methoxy groups -OCH3 is 2. The van der Waals surface area contributed by atoms with Crippen molar-refractivity contribution in [3.8, 4) is 11.5 Å². The van der Waals surface area contributed by atoms with Crippen molar-refractivity contribution in [3.63, 3.8) is 0 Å². The van der Waals surface area contributed by atoms with E-state index in [-0.39, 0.29) is 18.0 Å². The zero-order valence-electron chi connectivity index (χ0n) is 19.0. The summed E-state index contributed by atoms with van der Waals surface area (Å²) < 4.78 is 10.7. The van der Waals surface area contributed by atoms with Gasteiger partial charge in [-0.3, -0.25) is 9.69 Å². The quantitative estimate of drug-likeness (QED) is 0.653. The van der Waals surface area contributed by atoms with E-state index in [4.69, 9.17) is 9.47 Å². The van der Waals surface area contributed by atoms with Crippen molar-refractivity contribution in [3.05, 3.63) is 59.2 Å². The molecule has 2 unspecified atom stereocenters. The molecule has 1 saturated heterocycles. The molecule has 0 bridgehead atoms. The monoisotopic (exact) mass is 422 g/mol. The molecule has 5 nitrogen and oxygen atoms in total. The van der Waals surface area contributed by atoms with Gasteiger partial charge in [-0.1, -0.05) is 30.3 Å². The Morgan fingerprint density at radius 1 is 1.03 bits per heavy atom. The van der Waals surface area contributed by atoms with Gasteiger partial charge in [0.15, 0.2) is 11.5 Å². The number of fused-ring (bicyclic) bond motifs is 1. The average molecular weight is 423 g/mol. The van der Waals surface area contributed by atoms with E-state index in [1.807, 2.05) is 30.1 Å². The Hall–Kier alpha value is -2.53. The fourth-order valence-corrected chi connectivity index (χ4v) is 5.26. The van der Waals surface area contributed by atoms with Crippen LogP contribution in [0.2, 0.25) is 0 Å². The number of likely N-dealkylation sites (N-methyl/N-ethyl adjacent to an activating group) is 1. The second-order valence-electron chi connectivity index (χ2n) is 8.72. The maximum absolute atomic E-state index is 13.4. The number of ether oxygens (including phenoxy) is 2. The third-order valence-electron chi connectivity index (χ3n) is 6.91. The van der Waals surface area contributed by atoms with Gasteiger partial charge in [0.2, 0.25) is 5.91 Å². The third-order valence-corrected chi connectivity index (χ3v) is 6.91. The Morgan fingerprint density at radius 3 is 2.52 bits per heavy atom. The number of aryl methyl sites for hydroxylation is 1. The van der Waals surface area contributed by atoms with Gasteiger partial charge in [0.25, 0.3) is 0 Å². The van der Waals surface area contributed by atoms with Gasteiger partial charge in [0, 0.05) is 7.05 Å². The highest BCUT2D eigenvalue weighted by Gasteiger charge is 2.37. The van der Waals surface area contributed by atoms with Gasteiger partial charge in [-0.2, -0.15) is 0 Å². The first-order chi connectivity index (χ1) is 15.1. The SMILES string of the molecule is COc1ccc(CC(=O)N(C)C2CCCc3ccccc3C2N2CCCC2)cc1OC. The highest BCUT2D eigenvalue weighted by atomic mass is 16.5. The molecule has 0 saturated carbocycles. The van der Waals surface area contributed by atoms with Crippen LogP contribution < -0.4 is 9.47 Å². The molecule has 0 radical (unpaired) electrons. The molecule has 0 N–H and O–H groups in total. The van der Waals surface area contributed by atoms with E-state index >= 15 is 0 Å². The molecule has 1 aliphatic heterocycles. The average Bonchev–Trinajstić information content (AvgIpc) is 3.25. The van der Waals surface area contributed by atoms with Crippen molar-refractivity contribution in [1.82, 2.24) is 9.80 Å². The molecule has 2 aromatic carbocycles. The first-order valence-corrected chi connectivity index (χ1v) is 11.4. The van der Waals surface area contributed by atoms with Crippen LogP contribution in [0.3, 0.4) is 0 Å². The molecule has 1 fully saturated rings. The van der Waals surface area contributed by atoms with Gasteiger partial charge in [-0.15, -0.1) is 0 Å². The highest BCUT2D eigenvalue weighted by molar-refractivity contribution is 5.79. The summed E-state index contributed by atoms with van der Waals surface area (Å²) in [5.74, 6) is 1.50. The summed E-state index contributed by atoms with van der Waals surface area (Å²) in [5, 5.41) is 0. The summed E-state index contributed by atoms with van der Waals surface area (Å²) in [6.07, 6.45) is 6.09. The van der Waals surface area contributed by atoms with Crippen molar-refractivity contribution in [1.29, 1.82) is 0 Å². The van der Waals surface area contributed by atoms with Crippen LogP contribution in [0.25, 0.3) is 0 Å². The molecule has 2 atom stereocenters. The van der Waals surface area contributed by atoms with E-state index in [0.717, 1.165) is 37.9 Å². The van der Waals surface area contributed by atoms with Gasteiger partial charge in [0.05, 0.1) is 32.7 Å². The van der Waals surface area contributed by atoms with Crippen LogP contribution >= 0.6 is 0 Å². The number of carbonyl (C=O) groups is 1. The fraction of sp³-hybridized carbons (Fsp3) is 0.500. The highest BCUT2D eigenvalue weighted by Crippen LogP contribution is 2.38. The number of likely N-dealkylation sites (tertiary alicyclic amines) is 1. The lowest BCUT2D eigenvalue weighted by atomic mass is 9.93. The standard InChI is InChI=1S/C26H34N2O3/c1-27(25(29)18-19-13-14-23(30-2)24(17-19)31-3)22-12-8-10-20-9-4-5-11-21(20)26(22)28-15-6-7-16-28/h4-5,9,11,13-14,17,22,26H,6-8,10,12,15-16,18H2,1-3H3. The van der Waals surface area contributed by atoms with E-state index in [9.17, 15) is 4.79 Å². The first kappa shape index (κ1) is 21.7. The van der Waals surface area contributed by atoms with Crippen LogP contribution in [-0.4, -0.2) is 56.1 Å². The molecule has 2 aromatic rings. The van der Waals surface area contributed by atoms with Crippen molar-refractivity contribution in [2.45, 2.75) is 50.6 Å². The molecule has 1 aliphatic carbocycles. The number of amides is 1. The van der Waals surface area contributed by atoms with Crippen LogP contribution in [0, 0.1) is 0 Å². The number of hydrogen-bond donors (Lipinski definition) is 0. The molecule has 166 valence electrons. The van der Waals surface area contributed by atoms with Gasteiger partial charge in [-0.05, 0) is 74.0 Å². The second-order valence-corrected chi connectivity index (χ2v) is 8.72. The first-order valence-electron chi connectivity index (χ1n) is 11.4. The van der Waals surface area contributed by atoms with Crippen LogP contribution in [0.1, 0.15) is 48.4 Å². The lowest BCUT2D eigenvalue weighted by Crippen LogP contribution is -2.46. The minimum absolute atomic E-state index is 0.154. The number of rotatable bonds is 6. The van der Waals surface area contributed by atoms with Crippen LogP contribution in [0.5, 0.6) is 11.5 Å². The molecule has 2 aliphatic rings. The number of carbonyl (C=O) groups excluding carboxylic acids is 1. The zero-order valence-corrected chi connectivity index (χ0v) is 19.0. The molecule has 1 amide bonds. The van der Waals surface area contributed by atoms with E-state index < -0.39 is 0 Å². The fourth-order valence-electron chi connectivity index (χ4n) is 5.26. The summed E-state index contributed by atoms with van der Waals surface area (Å²) in [4.78, 5) is 18.0. The molecule has 0 spiro atoms. The molecular formula is C26H34N2O3. The summed E-state index contributed by atoms with van der Waals surface area (Å²) in [7, 11) is 5.24. The van der Waals surface area contributed by atoms with Crippen molar-refractivity contribution in [2.75, 3.05) is 34.4 Å². The molecule has 1 heterocycles. The largest absolute Gasteiger partial charge is 0.493 e. The van der Waals surface area contributed by atoms with Gasteiger partial charge in [-0.25, -0.2) is 0 Å². The van der Waals surface area contributed by atoms with E-state index in [1.54, 1.807) is 14.2 Å². The molecule has 5 heteroatoms. The predicted octanol–water partition coefficient (Wildman–Crippen LogP) is 4.25. The van der Waals surface area contributed by atoms with Crippen molar-refractivity contribution in [2.24, 2.45) is 0 Å². The Labute approximate surface area is 185 Å². The molecule has 31 heavy (non-hydrogen) atoms. The van der Waals surface area contributed by atoms with Crippen molar-refractivity contribution < 1.29 is 14.3 Å². The van der Waals surface area contributed by atoms with E-state index in [2.05, 4.69) is 29.2 Å². The number of benzene rings is 2. The topological polar surface area (TPSA) is 42.0 Å². The lowest BCUT2D eigenvalue weighted by Gasteiger charge is -2.39. The maximum atomic E-state index is 13.4. The van der Waals surface area contributed by atoms with E-state index in [1.165, 1.54) is 24.0 Å². The van der Waals surface area contributed by atoms with Crippen molar-refractivity contribution >= 4 is 5.91 Å². The number of nitrogens with zero attached hydrogens (tertiary/aromatic N) is 2. The predicted molar refractivity (Wildman–Crippen MR) is 123 cm³/mol. The summed E-state index contributed by atoms with van der Waals surface area (Å²) >= 11 is 0. The second kappa shape index (κ2) is 9.73. The summed E-state index contributed by atoms with van der Waals surface area (Å²) in [6.45, 7) is 2.24. The Bertz CT molecular complexity index is 907. The molecular weight excluding hydrogens is 388 g/mol. The molecule has 4 rings (SSSR count). The van der Waals surface area contributed by atoms with Gasteiger partial charge >= 0.3 is 0 Å². The van der Waals surface area contributed by atoms with Crippen LogP contribution in [0.4, 0.5) is 0 Å². The lowest BCUT2D eigenvalue weighted by molar-refractivity contribution is -0.132. The Morgan fingerprint density at radius 2 is 1.77 bits per heavy atom. The summed E-state index contributed by atoms with van der Waals surface area (Å²) in [6, 6.07) is 15.0. The van der Waals surface area contributed by atoms with Gasteiger partial charge < -0.3 is 14.4 Å². The zero-order chi connectivity index (χ0) is 21.8. The van der Waals surface area contributed by atoms with Crippen LogP contribution in [-0.2, 0) is 17.6 Å². The minimum Gasteiger partial charge on any atom is -0.493 e. The minimum atomic E-state index is 0.154. The Kier molecular flexibility index (Phi) is 6.81. The summed E-state index contributed by atoms with van der Waals surface area (Å²) in [5.41, 5.74) is 3.81. The molecule has 0 aromatic heterocycles. The third kappa shape index (κ3) is 4.57. The van der Waals surface area contributed by atoms with E-state index in [0.29, 0.717) is 17.9 Å². The number of hydrogen-bond acceptors (Lipinski definition) is 4. The Balaban J connectivity index is 1.58. The normalized spacial score (nSPS) is 21.3. The smallest absolute Gasteiger partial charge is 0.227 e.